The van der Waals surface area contributed by atoms with Gasteiger partial charge in [-0.15, -0.1) is 23.2 Å². The van der Waals surface area contributed by atoms with Crippen LogP contribution >= 0.6 is 62.9 Å². The molecule has 92 valence electrons. The van der Waals surface area contributed by atoms with Crippen molar-refractivity contribution in [2.45, 2.75) is 21.4 Å². The number of phosphoric acid groups is 1. The van der Waals surface area contributed by atoms with Gasteiger partial charge in [0, 0.05) is 0 Å². The Morgan fingerprint density at radius 3 is 1.73 bits per heavy atom. The quantitative estimate of drug-likeness (QED) is 0.490. The van der Waals surface area contributed by atoms with E-state index >= 15 is 0 Å². The Bertz CT molecular complexity index is 199. The van der Waals surface area contributed by atoms with Crippen LogP contribution in [0.3, 0.4) is 0 Å². The summed E-state index contributed by atoms with van der Waals surface area (Å²) in [5.74, 6) is 0. The number of hydrogen-bond acceptors (Lipinski definition) is 3. The van der Waals surface area contributed by atoms with E-state index in [2.05, 4.69) is 40.9 Å². The van der Waals surface area contributed by atoms with Crippen molar-refractivity contribution in [3.8, 4) is 0 Å². The lowest BCUT2D eigenvalue weighted by atomic mass is 10.5. The van der Waals surface area contributed by atoms with Crippen molar-refractivity contribution in [1.29, 1.82) is 0 Å². The van der Waals surface area contributed by atoms with Gasteiger partial charge in [-0.05, 0) is 12.8 Å². The molecule has 0 aromatic rings. The molecule has 15 heavy (non-hydrogen) atoms. The van der Waals surface area contributed by atoms with Crippen molar-refractivity contribution in [3.05, 3.63) is 0 Å². The van der Waals surface area contributed by atoms with E-state index in [1.54, 1.807) is 0 Å². The van der Waals surface area contributed by atoms with Crippen LogP contribution in [0.1, 0.15) is 12.8 Å². The van der Waals surface area contributed by atoms with Crippen LogP contribution in [0.4, 0.5) is 0 Å². The summed E-state index contributed by atoms with van der Waals surface area (Å²) in [7, 11) is -3.96. The smallest absolute Gasteiger partial charge is 0.302 e. The zero-order chi connectivity index (χ0) is 11.9. The number of halogens is 4. The van der Waals surface area contributed by atoms with Gasteiger partial charge < -0.3 is 4.89 Å². The van der Waals surface area contributed by atoms with Crippen LogP contribution in [0.15, 0.2) is 0 Å². The first-order valence-corrected chi connectivity index (χ1v) is 8.21. The van der Waals surface area contributed by atoms with Crippen LogP contribution in [0.2, 0.25) is 0 Å². The van der Waals surface area contributed by atoms with E-state index in [9.17, 15) is 4.57 Å². The highest BCUT2D eigenvalue weighted by Gasteiger charge is 2.21. The molecule has 0 heterocycles. The fraction of sp³-hybridized carbons (Fsp3) is 1.00. The molecule has 2 atom stereocenters. The number of rotatable bonds is 8. The molecule has 0 saturated heterocycles. The average molecular weight is 409 g/mol. The van der Waals surface area contributed by atoms with Crippen LogP contribution in [-0.4, -0.2) is 26.7 Å². The lowest BCUT2D eigenvalue weighted by Gasteiger charge is -2.12. The molecule has 0 aliphatic carbocycles. The minimum Gasteiger partial charge on any atom is -0.302 e. The Balaban J connectivity index is 3.63. The second-order valence-electron chi connectivity index (χ2n) is 2.49. The Hall–Kier alpha value is 1.65. The normalized spacial score (nSPS) is 19.5. The zero-order valence-electron chi connectivity index (χ0n) is 7.61. The molecule has 9 heteroatoms. The van der Waals surface area contributed by atoms with Crippen LogP contribution < -0.4 is 0 Å². The molecule has 1 N–H and O–H groups in total. The van der Waals surface area contributed by atoms with E-state index in [4.69, 9.17) is 28.1 Å². The van der Waals surface area contributed by atoms with Gasteiger partial charge in [0.1, 0.15) is 0 Å². The summed E-state index contributed by atoms with van der Waals surface area (Å²) in [5, 5.41) is 0. The van der Waals surface area contributed by atoms with Crippen LogP contribution in [-0.2, 0) is 13.6 Å². The monoisotopic (exact) mass is 406 g/mol. The highest BCUT2D eigenvalue weighted by molar-refractivity contribution is 9.10. The summed E-state index contributed by atoms with van der Waals surface area (Å²) in [6.45, 7) is 0.0949. The van der Waals surface area contributed by atoms with Gasteiger partial charge in [0.2, 0.25) is 0 Å². The van der Waals surface area contributed by atoms with Crippen LogP contribution in [0, 0.1) is 0 Å². The Morgan fingerprint density at radius 2 is 1.47 bits per heavy atom. The lowest BCUT2D eigenvalue weighted by Crippen LogP contribution is -2.02. The average Bonchev–Trinajstić information content (AvgIpc) is 2.01. The first-order valence-electron chi connectivity index (χ1n) is 4.01. The van der Waals surface area contributed by atoms with Crippen molar-refractivity contribution < 1.29 is 18.5 Å². The second kappa shape index (κ2) is 8.70. The number of hydrogen-bond donors (Lipinski definition) is 1. The van der Waals surface area contributed by atoms with Crippen molar-refractivity contribution >= 4 is 62.9 Å². The summed E-state index contributed by atoms with van der Waals surface area (Å²) in [6, 6.07) is 0. The molecule has 0 rings (SSSR count). The van der Waals surface area contributed by atoms with Gasteiger partial charge in [0.15, 0.2) is 0 Å². The van der Waals surface area contributed by atoms with Crippen molar-refractivity contribution in [1.82, 2.24) is 0 Å². The van der Waals surface area contributed by atoms with Gasteiger partial charge in [-0.25, -0.2) is 4.57 Å². The minimum atomic E-state index is -3.96. The summed E-state index contributed by atoms with van der Waals surface area (Å²) in [4.78, 5) is 9.13. The maximum atomic E-state index is 11.2. The predicted molar refractivity (Wildman–Crippen MR) is 68.1 cm³/mol. The lowest BCUT2D eigenvalue weighted by molar-refractivity contribution is 0.149. The topological polar surface area (TPSA) is 55.8 Å². The molecule has 0 aromatic carbocycles. The van der Waals surface area contributed by atoms with Gasteiger partial charge in [0.25, 0.3) is 0 Å². The Labute approximate surface area is 115 Å². The van der Waals surface area contributed by atoms with Crippen LogP contribution in [0.25, 0.3) is 0 Å². The van der Waals surface area contributed by atoms with Gasteiger partial charge in [-0.3, -0.25) is 9.05 Å². The zero-order valence-corrected chi connectivity index (χ0v) is 13.2. The summed E-state index contributed by atoms with van der Waals surface area (Å²) < 4.78 is 19.9. The first-order chi connectivity index (χ1) is 6.83. The fourth-order valence-electron chi connectivity index (χ4n) is 0.552. The van der Waals surface area contributed by atoms with Gasteiger partial charge in [0.05, 0.1) is 21.8 Å². The maximum absolute atomic E-state index is 11.2. The highest BCUT2D eigenvalue weighted by atomic mass is 79.9. The van der Waals surface area contributed by atoms with E-state index in [0.717, 1.165) is 0 Å². The molecule has 0 bridgehead atoms. The second-order valence-corrected chi connectivity index (χ2v) is 8.27. The van der Waals surface area contributed by atoms with Gasteiger partial charge in [-0.2, -0.15) is 0 Å². The molecule has 0 aromatic heterocycles. The third-order valence-corrected chi connectivity index (χ3v) is 3.55. The molecule has 0 aliphatic rings. The molecular weight excluding hydrogens is 398 g/mol. The van der Waals surface area contributed by atoms with E-state index < -0.39 is 7.82 Å². The van der Waals surface area contributed by atoms with Gasteiger partial charge in [-0.1, -0.05) is 31.9 Å². The minimum absolute atomic E-state index is 0.0474. The third-order valence-electron chi connectivity index (χ3n) is 1.18. The standard InChI is InChI=1S/C6H11Br2Cl2O4P/c7-5(9)1-3-13-15(11,12)14-4-2-6(8)10/h5-6H,1-4H2,(H,11,12). The fourth-order valence-corrected chi connectivity index (χ4v) is 1.85. The van der Waals surface area contributed by atoms with E-state index in [1.165, 1.54) is 0 Å². The van der Waals surface area contributed by atoms with E-state index in [1.807, 2.05) is 0 Å². The third kappa shape index (κ3) is 11.9. The summed E-state index contributed by atoms with van der Waals surface area (Å²) in [6.07, 6.45) is 0.818. The first kappa shape index (κ1) is 16.6. The number of phosphoric ester groups is 1. The molecular formula is C6H11Br2Cl2O4P. The highest BCUT2D eigenvalue weighted by Crippen LogP contribution is 2.43. The Kier molecular flexibility index (Phi) is 9.66. The molecule has 0 spiro atoms. The SMILES string of the molecule is O=P(O)(OCCC(Cl)Br)OCCC(Cl)Br. The molecule has 0 radical (unpaired) electrons. The Morgan fingerprint density at radius 1 is 1.13 bits per heavy atom. The summed E-state index contributed by atoms with van der Waals surface area (Å²) in [5.41, 5.74) is 0. The molecule has 0 saturated carbocycles. The van der Waals surface area contributed by atoms with Crippen LogP contribution in [0.5, 0.6) is 0 Å². The predicted octanol–water partition coefficient (Wildman–Crippen LogP) is 3.82. The molecule has 4 nitrogen and oxygen atoms in total. The van der Waals surface area contributed by atoms with Crippen molar-refractivity contribution in [2.75, 3.05) is 13.2 Å². The molecule has 0 amide bonds. The maximum Gasteiger partial charge on any atom is 0.472 e. The van der Waals surface area contributed by atoms with Gasteiger partial charge >= 0.3 is 7.82 Å². The van der Waals surface area contributed by atoms with Crippen molar-refractivity contribution in [2.24, 2.45) is 0 Å². The molecule has 0 fully saturated rings. The van der Waals surface area contributed by atoms with Crippen molar-refractivity contribution in [3.63, 3.8) is 0 Å². The summed E-state index contributed by atoms with van der Waals surface area (Å²) >= 11 is 17.2. The molecule has 2 unspecified atom stereocenters. The number of alkyl halides is 4. The van der Waals surface area contributed by atoms with E-state index in [-0.39, 0.29) is 21.8 Å². The van der Waals surface area contributed by atoms with E-state index in [0.29, 0.717) is 12.8 Å². The largest absolute Gasteiger partial charge is 0.472 e. The molecule has 0 aliphatic heterocycles.